The molecule has 2 rings (SSSR count). The van der Waals surface area contributed by atoms with Crippen molar-refractivity contribution in [2.75, 3.05) is 10.7 Å². The van der Waals surface area contributed by atoms with Crippen LogP contribution in [0.25, 0.3) is 0 Å². The minimum absolute atomic E-state index is 0.655. The Balaban J connectivity index is 2.39. The van der Waals surface area contributed by atoms with Crippen LogP contribution in [0, 0.1) is 13.8 Å². The second kappa shape index (κ2) is 6.87. The highest BCUT2D eigenvalue weighted by Crippen LogP contribution is 2.26. The fourth-order valence-electron chi connectivity index (χ4n) is 2.11. The summed E-state index contributed by atoms with van der Waals surface area (Å²) in [5, 5.41) is 3.35. The van der Waals surface area contributed by atoms with Crippen LogP contribution in [-0.4, -0.2) is 9.97 Å². The SMILES string of the molecule is CCCc1nc(NN)c(C)c(Nc2cc(C)cc(Br)c2)n1. The molecule has 0 saturated carbocycles. The molecule has 0 aliphatic heterocycles. The van der Waals surface area contributed by atoms with E-state index in [9.17, 15) is 0 Å². The zero-order valence-electron chi connectivity index (χ0n) is 12.5. The molecule has 0 atom stereocenters. The first-order chi connectivity index (χ1) is 10.0. The number of nitrogens with two attached hydrogens (primary N) is 1. The van der Waals surface area contributed by atoms with Crippen molar-refractivity contribution in [2.45, 2.75) is 33.6 Å². The summed E-state index contributed by atoms with van der Waals surface area (Å²) in [6, 6.07) is 6.15. The van der Waals surface area contributed by atoms with E-state index in [1.54, 1.807) is 0 Å². The van der Waals surface area contributed by atoms with Gasteiger partial charge in [0.1, 0.15) is 17.5 Å². The monoisotopic (exact) mass is 349 g/mol. The van der Waals surface area contributed by atoms with Crippen molar-refractivity contribution in [1.29, 1.82) is 0 Å². The number of nitrogens with zero attached hydrogens (tertiary/aromatic N) is 2. The first kappa shape index (κ1) is 15.7. The summed E-state index contributed by atoms with van der Waals surface area (Å²) in [5.74, 6) is 7.77. The molecule has 21 heavy (non-hydrogen) atoms. The van der Waals surface area contributed by atoms with E-state index >= 15 is 0 Å². The molecule has 6 heteroatoms. The Labute approximate surface area is 133 Å². The Hall–Kier alpha value is -1.66. The third-order valence-corrected chi connectivity index (χ3v) is 3.57. The van der Waals surface area contributed by atoms with Crippen LogP contribution in [0.2, 0.25) is 0 Å². The van der Waals surface area contributed by atoms with Gasteiger partial charge in [-0.1, -0.05) is 22.9 Å². The molecule has 4 N–H and O–H groups in total. The van der Waals surface area contributed by atoms with Crippen molar-refractivity contribution in [3.63, 3.8) is 0 Å². The quantitative estimate of drug-likeness (QED) is 0.564. The van der Waals surface area contributed by atoms with Crippen LogP contribution < -0.4 is 16.6 Å². The lowest BCUT2D eigenvalue weighted by molar-refractivity contribution is 0.833. The summed E-state index contributed by atoms with van der Waals surface area (Å²) in [6.07, 6.45) is 1.81. The van der Waals surface area contributed by atoms with Crippen molar-refractivity contribution in [1.82, 2.24) is 9.97 Å². The smallest absolute Gasteiger partial charge is 0.148 e. The summed E-state index contributed by atoms with van der Waals surface area (Å²) in [5.41, 5.74) is 5.69. The zero-order valence-corrected chi connectivity index (χ0v) is 14.1. The fourth-order valence-corrected chi connectivity index (χ4v) is 2.71. The number of aryl methyl sites for hydroxylation is 2. The second-order valence-corrected chi connectivity index (χ2v) is 5.91. The minimum Gasteiger partial charge on any atom is -0.340 e. The van der Waals surface area contributed by atoms with Gasteiger partial charge >= 0.3 is 0 Å². The molecule has 0 spiro atoms. The van der Waals surface area contributed by atoms with Crippen molar-refractivity contribution >= 4 is 33.3 Å². The molecule has 0 saturated heterocycles. The van der Waals surface area contributed by atoms with Crippen LogP contribution in [0.5, 0.6) is 0 Å². The van der Waals surface area contributed by atoms with Crippen LogP contribution in [0.15, 0.2) is 22.7 Å². The topological polar surface area (TPSA) is 75.9 Å². The molecule has 1 aromatic heterocycles. The number of halogens is 1. The molecule has 1 aromatic carbocycles. The van der Waals surface area contributed by atoms with Crippen molar-refractivity contribution in [3.05, 3.63) is 39.6 Å². The molecule has 2 aromatic rings. The average Bonchev–Trinajstić information content (AvgIpc) is 2.41. The zero-order chi connectivity index (χ0) is 15.4. The van der Waals surface area contributed by atoms with Gasteiger partial charge in [0, 0.05) is 22.1 Å². The number of rotatable bonds is 5. The van der Waals surface area contributed by atoms with E-state index in [0.29, 0.717) is 5.82 Å². The van der Waals surface area contributed by atoms with Crippen molar-refractivity contribution in [2.24, 2.45) is 5.84 Å². The van der Waals surface area contributed by atoms with E-state index in [1.807, 2.05) is 13.0 Å². The molecule has 0 radical (unpaired) electrons. The summed E-state index contributed by atoms with van der Waals surface area (Å²) < 4.78 is 1.03. The molecule has 0 unspecified atom stereocenters. The summed E-state index contributed by atoms with van der Waals surface area (Å²) >= 11 is 3.51. The van der Waals surface area contributed by atoms with E-state index < -0.39 is 0 Å². The van der Waals surface area contributed by atoms with Crippen molar-refractivity contribution in [3.8, 4) is 0 Å². The number of nitrogen functional groups attached to an aromatic ring is 1. The molecular weight excluding hydrogens is 330 g/mol. The molecule has 0 bridgehead atoms. The number of hydrogen-bond donors (Lipinski definition) is 3. The fraction of sp³-hybridized carbons (Fsp3) is 0.333. The molecule has 0 amide bonds. The number of anilines is 3. The number of aromatic nitrogens is 2. The lowest BCUT2D eigenvalue weighted by Gasteiger charge is -2.14. The Bertz CT molecular complexity index is 622. The standard InChI is InChI=1S/C15H20BrN5/c1-4-5-13-19-14(10(3)15(20-13)21-17)18-12-7-9(2)6-11(16)8-12/h6-8H,4-5,17H2,1-3H3,(H2,18,19,20,21). The molecule has 0 aliphatic rings. The van der Waals surface area contributed by atoms with Gasteiger partial charge in [-0.05, 0) is 44.0 Å². The van der Waals surface area contributed by atoms with Gasteiger partial charge in [0.2, 0.25) is 0 Å². The van der Waals surface area contributed by atoms with Crippen molar-refractivity contribution < 1.29 is 0 Å². The first-order valence-corrected chi connectivity index (χ1v) is 7.71. The largest absolute Gasteiger partial charge is 0.340 e. The predicted molar refractivity (Wildman–Crippen MR) is 90.7 cm³/mol. The molecule has 1 heterocycles. The van der Waals surface area contributed by atoms with E-state index in [2.05, 4.69) is 62.6 Å². The first-order valence-electron chi connectivity index (χ1n) is 6.91. The van der Waals surface area contributed by atoms with Crippen LogP contribution >= 0.6 is 15.9 Å². The number of hydrazine groups is 1. The lowest BCUT2D eigenvalue weighted by Crippen LogP contribution is -2.14. The average molecular weight is 350 g/mol. The highest BCUT2D eigenvalue weighted by atomic mass is 79.9. The maximum Gasteiger partial charge on any atom is 0.148 e. The Kier molecular flexibility index (Phi) is 5.14. The van der Waals surface area contributed by atoms with E-state index in [-0.39, 0.29) is 0 Å². The Morgan fingerprint density at radius 3 is 2.48 bits per heavy atom. The number of benzene rings is 1. The maximum atomic E-state index is 5.55. The van der Waals surface area contributed by atoms with Crippen LogP contribution in [0.1, 0.15) is 30.3 Å². The highest BCUT2D eigenvalue weighted by Gasteiger charge is 2.10. The lowest BCUT2D eigenvalue weighted by atomic mass is 10.2. The molecule has 112 valence electrons. The van der Waals surface area contributed by atoms with Crippen LogP contribution in [0.4, 0.5) is 17.3 Å². The second-order valence-electron chi connectivity index (χ2n) is 5.00. The normalized spacial score (nSPS) is 10.5. The summed E-state index contributed by atoms with van der Waals surface area (Å²) in [4.78, 5) is 9.01. The summed E-state index contributed by atoms with van der Waals surface area (Å²) in [6.45, 7) is 6.10. The van der Waals surface area contributed by atoms with E-state index in [1.165, 1.54) is 5.56 Å². The molecule has 5 nitrogen and oxygen atoms in total. The highest BCUT2D eigenvalue weighted by molar-refractivity contribution is 9.10. The molecule has 0 aliphatic carbocycles. The van der Waals surface area contributed by atoms with Gasteiger partial charge in [-0.25, -0.2) is 15.8 Å². The predicted octanol–water partition coefficient (Wildman–Crippen LogP) is 3.84. The van der Waals surface area contributed by atoms with Crippen LogP contribution in [-0.2, 0) is 6.42 Å². The van der Waals surface area contributed by atoms with Gasteiger partial charge in [0.15, 0.2) is 0 Å². The number of nitrogens with one attached hydrogen (secondary N) is 2. The third kappa shape index (κ3) is 3.92. The Morgan fingerprint density at radius 2 is 1.86 bits per heavy atom. The van der Waals surface area contributed by atoms with E-state index in [0.717, 1.165) is 40.2 Å². The van der Waals surface area contributed by atoms with Gasteiger partial charge in [-0.15, -0.1) is 0 Å². The maximum absolute atomic E-state index is 5.55. The van der Waals surface area contributed by atoms with E-state index in [4.69, 9.17) is 5.84 Å². The van der Waals surface area contributed by atoms with Gasteiger partial charge < -0.3 is 10.7 Å². The number of hydrogen-bond acceptors (Lipinski definition) is 5. The minimum atomic E-state index is 0.655. The summed E-state index contributed by atoms with van der Waals surface area (Å²) in [7, 11) is 0. The molecule has 0 fully saturated rings. The van der Waals surface area contributed by atoms with Gasteiger partial charge in [-0.3, -0.25) is 0 Å². The van der Waals surface area contributed by atoms with Gasteiger partial charge in [-0.2, -0.15) is 0 Å². The van der Waals surface area contributed by atoms with Gasteiger partial charge in [0.05, 0.1) is 0 Å². The van der Waals surface area contributed by atoms with Crippen LogP contribution in [0.3, 0.4) is 0 Å². The Morgan fingerprint density at radius 1 is 1.14 bits per heavy atom. The third-order valence-electron chi connectivity index (χ3n) is 3.11. The molecular formula is C15H20BrN5. The van der Waals surface area contributed by atoms with Gasteiger partial charge in [0.25, 0.3) is 0 Å².